The summed E-state index contributed by atoms with van der Waals surface area (Å²) < 4.78 is 7.15. The van der Waals surface area contributed by atoms with Crippen molar-refractivity contribution in [2.75, 3.05) is 0 Å². The molecular weight excluding hydrogens is 388 g/mol. The lowest BCUT2D eigenvalue weighted by molar-refractivity contribution is 0.0996. The van der Waals surface area contributed by atoms with Crippen LogP contribution in [0.3, 0.4) is 0 Å². The Hall–Kier alpha value is -0.913. The number of ketones is 1. The maximum absolute atomic E-state index is 12.3. The Labute approximate surface area is 152 Å². The molecule has 0 aliphatic heterocycles. The van der Waals surface area contributed by atoms with Crippen molar-refractivity contribution in [3.63, 3.8) is 0 Å². The molecule has 0 atom stereocenters. The van der Waals surface area contributed by atoms with Gasteiger partial charge in [0.25, 0.3) is 0 Å². The van der Waals surface area contributed by atoms with Gasteiger partial charge in [-0.3, -0.25) is 4.79 Å². The van der Waals surface area contributed by atoms with Crippen LogP contribution in [0.4, 0.5) is 0 Å². The highest BCUT2D eigenvalue weighted by Crippen LogP contribution is 2.37. The molecule has 0 aliphatic carbocycles. The summed E-state index contributed by atoms with van der Waals surface area (Å²) in [5.74, 6) is 1.04. The van der Waals surface area contributed by atoms with Crippen LogP contribution >= 0.6 is 27.3 Å². The lowest BCUT2D eigenvalue weighted by Crippen LogP contribution is -2.43. The summed E-state index contributed by atoms with van der Waals surface area (Å²) in [6, 6.07) is 9.84. The van der Waals surface area contributed by atoms with E-state index in [0.29, 0.717) is 6.42 Å². The molecule has 1 aromatic carbocycles. The maximum Gasteiger partial charge on any atom is 0.250 e. The van der Waals surface area contributed by atoms with Crippen LogP contribution in [-0.4, -0.2) is 14.1 Å². The van der Waals surface area contributed by atoms with E-state index in [-0.39, 0.29) is 10.8 Å². The second kappa shape index (κ2) is 6.91. The van der Waals surface area contributed by atoms with E-state index in [2.05, 4.69) is 49.8 Å². The van der Waals surface area contributed by atoms with Gasteiger partial charge in [-0.1, -0.05) is 32.9 Å². The summed E-state index contributed by atoms with van der Waals surface area (Å²) in [4.78, 5) is 13.1. The topological polar surface area (TPSA) is 26.3 Å². The molecule has 5 heteroatoms. The van der Waals surface area contributed by atoms with Crippen LogP contribution in [-0.2, 0) is 6.42 Å². The molecule has 0 spiro atoms. The van der Waals surface area contributed by atoms with Crippen LogP contribution in [0, 0.1) is 0 Å². The fourth-order valence-corrected chi connectivity index (χ4v) is 4.45. The van der Waals surface area contributed by atoms with E-state index in [1.165, 1.54) is 11.3 Å². The Balaban J connectivity index is 2.06. The summed E-state index contributed by atoms with van der Waals surface area (Å²) in [5.41, 5.74) is 1.01. The fourth-order valence-electron chi connectivity index (χ4n) is 1.88. The van der Waals surface area contributed by atoms with Gasteiger partial charge in [0.2, 0.25) is 8.32 Å². The van der Waals surface area contributed by atoms with E-state index in [9.17, 15) is 4.79 Å². The average Bonchev–Trinajstić information content (AvgIpc) is 2.85. The maximum atomic E-state index is 12.3. The summed E-state index contributed by atoms with van der Waals surface area (Å²) in [7, 11) is -1.82. The lowest BCUT2D eigenvalue weighted by atomic mass is 10.1. The molecule has 124 valence electrons. The van der Waals surface area contributed by atoms with Crippen molar-refractivity contribution in [3.8, 4) is 5.75 Å². The minimum Gasteiger partial charge on any atom is -0.544 e. The summed E-state index contributed by atoms with van der Waals surface area (Å²) in [6.45, 7) is 11.2. The highest BCUT2D eigenvalue weighted by Gasteiger charge is 2.38. The van der Waals surface area contributed by atoms with Crippen molar-refractivity contribution in [2.24, 2.45) is 0 Å². The Morgan fingerprint density at radius 2 is 1.78 bits per heavy atom. The van der Waals surface area contributed by atoms with Gasteiger partial charge in [0.05, 0.1) is 4.88 Å². The molecule has 0 fully saturated rings. The number of thiophene rings is 1. The molecule has 0 aliphatic rings. The number of hydrogen-bond acceptors (Lipinski definition) is 3. The van der Waals surface area contributed by atoms with Gasteiger partial charge >= 0.3 is 0 Å². The molecule has 23 heavy (non-hydrogen) atoms. The number of hydrogen-bond donors (Lipinski definition) is 0. The first kappa shape index (κ1) is 18.4. The largest absolute Gasteiger partial charge is 0.544 e. The van der Waals surface area contributed by atoms with Crippen molar-refractivity contribution in [2.45, 2.75) is 45.3 Å². The number of benzene rings is 1. The molecule has 0 saturated heterocycles. The van der Waals surface area contributed by atoms with Crippen molar-refractivity contribution in [3.05, 3.63) is 50.6 Å². The molecule has 0 amide bonds. The van der Waals surface area contributed by atoms with E-state index in [0.717, 1.165) is 20.7 Å². The summed E-state index contributed by atoms with van der Waals surface area (Å²) >= 11 is 4.89. The standard InChI is InChI=1S/C18H23BrO2SSi/c1-18(2,3)23(4,5)21-14-8-6-13(7-9-14)12-16(20)17-15(19)10-11-22-17/h6-11H,12H2,1-5H3. The number of halogens is 1. The van der Waals surface area contributed by atoms with Crippen LogP contribution < -0.4 is 4.43 Å². The quantitative estimate of drug-likeness (QED) is 0.425. The first-order valence-corrected chi connectivity index (χ1v) is 12.2. The molecule has 0 bridgehead atoms. The summed E-state index contributed by atoms with van der Waals surface area (Å²) in [6.07, 6.45) is 0.416. The zero-order chi connectivity index (χ0) is 17.3. The smallest absolute Gasteiger partial charge is 0.250 e. The highest BCUT2D eigenvalue weighted by molar-refractivity contribution is 9.10. The molecule has 1 aromatic heterocycles. The molecule has 0 unspecified atom stereocenters. The molecular formula is C18H23BrO2SSi. The first-order valence-electron chi connectivity index (χ1n) is 7.64. The van der Waals surface area contributed by atoms with Gasteiger partial charge in [0, 0.05) is 10.9 Å². The third kappa shape index (κ3) is 4.55. The minimum atomic E-state index is -1.82. The van der Waals surface area contributed by atoms with E-state index in [1.54, 1.807) is 0 Å². The Kier molecular flexibility index (Phi) is 5.54. The fraction of sp³-hybridized carbons (Fsp3) is 0.389. The van der Waals surface area contributed by atoms with E-state index in [1.807, 2.05) is 35.7 Å². The first-order chi connectivity index (χ1) is 10.6. The number of rotatable bonds is 5. The Morgan fingerprint density at radius 3 is 2.26 bits per heavy atom. The van der Waals surface area contributed by atoms with Crippen molar-refractivity contribution < 1.29 is 9.22 Å². The number of carbonyl (C=O) groups excluding carboxylic acids is 1. The Bertz CT molecular complexity index is 684. The molecule has 0 saturated carbocycles. The minimum absolute atomic E-state index is 0.143. The zero-order valence-electron chi connectivity index (χ0n) is 14.3. The van der Waals surface area contributed by atoms with E-state index >= 15 is 0 Å². The number of carbonyl (C=O) groups is 1. The monoisotopic (exact) mass is 410 g/mol. The average molecular weight is 411 g/mol. The van der Waals surface area contributed by atoms with Crippen LogP contribution in [0.2, 0.25) is 18.1 Å². The van der Waals surface area contributed by atoms with Crippen molar-refractivity contribution in [1.82, 2.24) is 0 Å². The van der Waals surface area contributed by atoms with Gasteiger partial charge in [-0.25, -0.2) is 0 Å². The van der Waals surface area contributed by atoms with Gasteiger partial charge in [-0.2, -0.15) is 0 Å². The lowest BCUT2D eigenvalue weighted by Gasteiger charge is -2.36. The van der Waals surface area contributed by atoms with Crippen LogP contribution in [0.25, 0.3) is 0 Å². The van der Waals surface area contributed by atoms with Gasteiger partial charge in [0.15, 0.2) is 5.78 Å². The van der Waals surface area contributed by atoms with Gasteiger partial charge in [-0.05, 0) is 63.2 Å². The van der Waals surface area contributed by atoms with E-state index < -0.39 is 8.32 Å². The van der Waals surface area contributed by atoms with Gasteiger partial charge in [-0.15, -0.1) is 11.3 Å². The summed E-state index contributed by atoms with van der Waals surface area (Å²) in [5, 5.41) is 2.10. The molecule has 0 N–H and O–H groups in total. The highest BCUT2D eigenvalue weighted by atomic mass is 79.9. The third-order valence-corrected chi connectivity index (χ3v) is 10.6. The predicted octanol–water partition coefficient (Wildman–Crippen LogP) is 6.32. The van der Waals surface area contributed by atoms with Crippen LogP contribution in [0.1, 0.15) is 36.0 Å². The molecule has 1 heterocycles. The molecule has 2 aromatic rings. The van der Waals surface area contributed by atoms with Gasteiger partial charge in [0.1, 0.15) is 5.75 Å². The van der Waals surface area contributed by atoms with E-state index in [4.69, 9.17) is 4.43 Å². The zero-order valence-corrected chi connectivity index (χ0v) is 17.7. The normalized spacial score (nSPS) is 12.3. The SMILES string of the molecule is CC(C)(C)[Si](C)(C)Oc1ccc(CC(=O)c2sccc2Br)cc1. The number of Topliss-reactive ketones (excluding diaryl/α,β-unsaturated/α-hetero) is 1. The van der Waals surface area contributed by atoms with Crippen molar-refractivity contribution in [1.29, 1.82) is 0 Å². The third-order valence-electron chi connectivity index (χ3n) is 4.34. The van der Waals surface area contributed by atoms with Crippen molar-refractivity contribution >= 4 is 41.4 Å². The molecule has 2 rings (SSSR count). The van der Waals surface area contributed by atoms with Gasteiger partial charge < -0.3 is 4.43 Å². The second-order valence-electron chi connectivity index (χ2n) is 7.20. The van der Waals surface area contributed by atoms with Crippen LogP contribution in [0.15, 0.2) is 40.2 Å². The second-order valence-corrected chi connectivity index (χ2v) is 13.7. The molecule has 2 nitrogen and oxygen atoms in total. The molecule has 0 radical (unpaired) electrons. The predicted molar refractivity (Wildman–Crippen MR) is 104 cm³/mol. The Morgan fingerprint density at radius 1 is 1.17 bits per heavy atom. The van der Waals surface area contributed by atoms with Crippen LogP contribution in [0.5, 0.6) is 5.75 Å².